The Balaban J connectivity index is 1.80. The number of rotatable bonds is 9. The molecule has 0 bridgehead atoms. The van der Waals surface area contributed by atoms with Crippen LogP contribution in [0.4, 0.5) is 20.2 Å². The first-order valence-electron chi connectivity index (χ1n) is 9.50. The standard InChI is InChI=1S/C19H20F2N4O7S/c1-30-18-10-13(2-5-17(18)32-19(20)21)12-22-23-15-4-3-14(11-16(15)25(26)27)33(28,29)24-6-8-31-9-7-24/h2-5,10-12,19,23H,6-9H2,1H3. The van der Waals surface area contributed by atoms with Gasteiger partial charge in [0.05, 0.1) is 36.4 Å². The number of hydrogen-bond donors (Lipinski definition) is 1. The van der Waals surface area contributed by atoms with Crippen molar-refractivity contribution in [3.8, 4) is 11.5 Å². The topological polar surface area (TPSA) is 133 Å². The van der Waals surface area contributed by atoms with Crippen molar-refractivity contribution in [2.24, 2.45) is 5.10 Å². The molecule has 1 fully saturated rings. The van der Waals surface area contributed by atoms with Gasteiger partial charge in [0.2, 0.25) is 10.0 Å². The number of sulfonamides is 1. The van der Waals surface area contributed by atoms with Crippen LogP contribution in [-0.4, -0.2) is 63.9 Å². The maximum Gasteiger partial charge on any atom is 0.387 e. The fourth-order valence-corrected chi connectivity index (χ4v) is 4.42. The zero-order valence-electron chi connectivity index (χ0n) is 17.3. The zero-order valence-corrected chi connectivity index (χ0v) is 18.1. The summed E-state index contributed by atoms with van der Waals surface area (Å²) in [6.07, 6.45) is 1.27. The highest BCUT2D eigenvalue weighted by atomic mass is 32.2. The summed E-state index contributed by atoms with van der Waals surface area (Å²) in [7, 11) is -2.63. The summed E-state index contributed by atoms with van der Waals surface area (Å²) in [5, 5.41) is 15.4. The maximum absolute atomic E-state index is 12.8. The molecule has 1 N–H and O–H groups in total. The molecule has 0 unspecified atom stereocenters. The van der Waals surface area contributed by atoms with E-state index in [0.29, 0.717) is 5.56 Å². The van der Waals surface area contributed by atoms with E-state index in [-0.39, 0.29) is 48.4 Å². The number of halogens is 2. The van der Waals surface area contributed by atoms with Gasteiger partial charge in [-0.25, -0.2) is 8.42 Å². The van der Waals surface area contributed by atoms with Crippen molar-refractivity contribution in [1.29, 1.82) is 0 Å². The molecule has 1 aliphatic heterocycles. The molecule has 2 aromatic rings. The number of anilines is 1. The van der Waals surface area contributed by atoms with Crippen LogP contribution in [0.5, 0.6) is 11.5 Å². The van der Waals surface area contributed by atoms with Crippen LogP contribution in [0.25, 0.3) is 0 Å². The molecule has 0 aliphatic carbocycles. The molecule has 0 atom stereocenters. The first-order valence-corrected chi connectivity index (χ1v) is 10.9. The summed E-state index contributed by atoms with van der Waals surface area (Å²) in [6.45, 7) is -2.21. The molecule has 0 spiro atoms. The second-order valence-electron chi connectivity index (χ2n) is 6.61. The molecule has 1 saturated heterocycles. The number of nitrogens with zero attached hydrogens (tertiary/aromatic N) is 3. The lowest BCUT2D eigenvalue weighted by Gasteiger charge is -2.26. The Morgan fingerprint density at radius 1 is 1.21 bits per heavy atom. The van der Waals surface area contributed by atoms with E-state index < -0.39 is 27.2 Å². The van der Waals surface area contributed by atoms with Gasteiger partial charge in [0, 0.05) is 19.2 Å². The predicted molar refractivity (Wildman–Crippen MR) is 114 cm³/mol. The van der Waals surface area contributed by atoms with E-state index >= 15 is 0 Å². The third-order valence-corrected chi connectivity index (χ3v) is 6.47. The van der Waals surface area contributed by atoms with Gasteiger partial charge in [0.15, 0.2) is 11.5 Å². The van der Waals surface area contributed by atoms with Crippen LogP contribution in [0.3, 0.4) is 0 Å². The number of hydrazone groups is 1. The highest BCUT2D eigenvalue weighted by molar-refractivity contribution is 7.89. The maximum atomic E-state index is 12.8. The van der Waals surface area contributed by atoms with E-state index in [4.69, 9.17) is 9.47 Å². The van der Waals surface area contributed by atoms with Gasteiger partial charge in [0.1, 0.15) is 5.69 Å². The molecule has 0 amide bonds. The van der Waals surface area contributed by atoms with Crippen molar-refractivity contribution in [2.45, 2.75) is 11.5 Å². The highest BCUT2D eigenvalue weighted by Crippen LogP contribution is 2.30. The van der Waals surface area contributed by atoms with Crippen molar-refractivity contribution in [1.82, 2.24) is 4.31 Å². The quantitative estimate of drug-likeness (QED) is 0.325. The van der Waals surface area contributed by atoms with Gasteiger partial charge in [-0.3, -0.25) is 15.5 Å². The lowest BCUT2D eigenvalue weighted by atomic mass is 10.2. The zero-order chi connectivity index (χ0) is 24.0. The summed E-state index contributed by atoms with van der Waals surface area (Å²) < 4.78 is 66.0. The summed E-state index contributed by atoms with van der Waals surface area (Å²) in [6, 6.07) is 7.52. The molecule has 1 heterocycles. The number of morpholine rings is 1. The Bertz CT molecular complexity index is 1140. The van der Waals surface area contributed by atoms with E-state index in [9.17, 15) is 27.3 Å². The van der Waals surface area contributed by atoms with Crippen LogP contribution in [0, 0.1) is 10.1 Å². The number of nitro benzene ring substituents is 1. The first kappa shape index (κ1) is 24.3. The normalized spacial score (nSPS) is 15.0. The SMILES string of the molecule is COc1cc(C=NNc2ccc(S(=O)(=O)N3CCOCC3)cc2[N+](=O)[O-])ccc1OC(F)F. The number of hydrogen-bond acceptors (Lipinski definition) is 9. The van der Waals surface area contributed by atoms with Gasteiger partial charge in [-0.2, -0.15) is 18.2 Å². The van der Waals surface area contributed by atoms with Gasteiger partial charge < -0.3 is 14.2 Å². The Morgan fingerprint density at radius 3 is 2.58 bits per heavy atom. The number of nitro groups is 1. The fourth-order valence-electron chi connectivity index (χ4n) is 2.99. The average Bonchev–Trinajstić information content (AvgIpc) is 2.80. The van der Waals surface area contributed by atoms with E-state index in [1.165, 1.54) is 48.0 Å². The lowest BCUT2D eigenvalue weighted by molar-refractivity contribution is -0.384. The summed E-state index contributed by atoms with van der Waals surface area (Å²) in [5.41, 5.74) is 2.39. The van der Waals surface area contributed by atoms with E-state index in [0.717, 1.165) is 6.07 Å². The molecule has 178 valence electrons. The van der Waals surface area contributed by atoms with Gasteiger partial charge in [0.25, 0.3) is 5.69 Å². The van der Waals surface area contributed by atoms with Crippen molar-refractivity contribution in [2.75, 3.05) is 38.8 Å². The number of methoxy groups -OCH3 is 1. The van der Waals surface area contributed by atoms with Crippen LogP contribution in [0.15, 0.2) is 46.4 Å². The molecule has 0 aromatic heterocycles. The molecule has 0 saturated carbocycles. The molecule has 1 aliphatic rings. The minimum Gasteiger partial charge on any atom is -0.493 e. The largest absolute Gasteiger partial charge is 0.493 e. The monoisotopic (exact) mass is 486 g/mol. The smallest absolute Gasteiger partial charge is 0.387 e. The summed E-state index contributed by atoms with van der Waals surface area (Å²) in [4.78, 5) is 10.6. The van der Waals surface area contributed by atoms with E-state index in [1.807, 2.05) is 0 Å². The molecule has 3 rings (SSSR count). The molecule has 11 nitrogen and oxygen atoms in total. The van der Waals surface area contributed by atoms with E-state index in [1.54, 1.807) is 0 Å². The Morgan fingerprint density at radius 2 is 1.94 bits per heavy atom. The lowest BCUT2D eigenvalue weighted by Crippen LogP contribution is -2.40. The van der Waals surface area contributed by atoms with Crippen molar-refractivity contribution in [3.63, 3.8) is 0 Å². The third kappa shape index (κ3) is 5.91. The summed E-state index contributed by atoms with van der Waals surface area (Å²) in [5.74, 6) is -0.117. The third-order valence-electron chi connectivity index (χ3n) is 4.58. The van der Waals surface area contributed by atoms with Crippen molar-refractivity contribution >= 4 is 27.6 Å². The Hall–Kier alpha value is -3.36. The highest BCUT2D eigenvalue weighted by Gasteiger charge is 2.28. The van der Waals surface area contributed by atoms with E-state index in [2.05, 4.69) is 15.3 Å². The number of benzene rings is 2. The second kappa shape index (κ2) is 10.5. The fraction of sp³-hybridized carbons (Fsp3) is 0.316. The number of ether oxygens (including phenoxy) is 3. The molecule has 0 radical (unpaired) electrons. The number of alkyl halides is 2. The van der Waals surface area contributed by atoms with Crippen LogP contribution in [0.1, 0.15) is 5.56 Å². The molecule has 14 heteroatoms. The van der Waals surface area contributed by atoms with Gasteiger partial charge in [-0.05, 0) is 35.9 Å². The molecular formula is C19H20F2N4O7S. The molecular weight excluding hydrogens is 466 g/mol. The number of nitrogens with one attached hydrogen (secondary N) is 1. The predicted octanol–water partition coefficient (Wildman–Crippen LogP) is 2.67. The Labute approximate surface area is 187 Å². The van der Waals surface area contributed by atoms with Gasteiger partial charge >= 0.3 is 6.61 Å². The van der Waals surface area contributed by atoms with Crippen LogP contribution in [-0.2, 0) is 14.8 Å². The minimum atomic E-state index is -3.92. The average molecular weight is 486 g/mol. The van der Waals surface area contributed by atoms with Crippen LogP contribution >= 0.6 is 0 Å². The van der Waals surface area contributed by atoms with Crippen LogP contribution < -0.4 is 14.9 Å². The van der Waals surface area contributed by atoms with Crippen molar-refractivity contribution in [3.05, 3.63) is 52.1 Å². The second-order valence-corrected chi connectivity index (χ2v) is 8.55. The molecule has 2 aromatic carbocycles. The van der Waals surface area contributed by atoms with Crippen molar-refractivity contribution < 1.29 is 36.3 Å². The summed E-state index contributed by atoms with van der Waals surface area (Å²) >= 11 is 0. The first-order chi connectivity index (χ1) is 15.7. The Kier molecular flexibility index (Phi) is 7.73. The van der Waals surface area contributed by atoms with Crippen LogP contribution in [0.2, 0.25) is 0 Å². The van der Waals surface area contributed by atoms with Gasteiger partial charge in [-0.1, -0.05) is 0 Å². The van der Waals surface area contributed by atoms with Gasteiger partial charge in [-0.15, -0.1) is 0 Å². The molecule has 33 heavy (non-hydrogen) atoms. The minimum absolute atomic E-state index is 0.0400.